The zero-order valence-electron chi connectivity index (χ0n) is 10.5. The number of carbonyl (C=O) groups excluding carboxylic acids is 1. The largest absolute Gasteiger partial charge is 0.293 e. The molecule has 0 N–H and O–H groups in total. The molecule has 2 heteroatoms. The average molecular weight is 227 g/mol. The first-order valence-electron chi connectivity index (χ1n) is 5.68. The number of hydrogen-bond donors (Lipinski definition) is 0. The van der Waals surface area contributed by atoms with Gasteiger partial charge in [0, 0.05) is 5.56 Å². The van der Waals surface area contributed by atoms with Crippen LogP contribution in [-0.4, -0.2) is 5.78 Å². The van der Waals surface area contributed by atoms with Gasteiger partial charge in [-0.15, -0.1) is 0 Å². The number of allylic oxidation sites excluding steroid dienone is 2. The Labute approximate surface area is 103 Å². The SMILES string of the molecule is CC(C)=C(C)CC(C#N)C(=O)c1ccccc1. The van der Waals surface area contributed by atoms with E-state index in [0.717, 1.165) is 5.57 Å². The topological polar surface area (TPSA) is 40.9 Å². The van der Waals surface area contributed by atoms with Gasteiger partial charge in [-0.2, -0.15) is 5.26 Å². The van der Waals surface area contributed by atoms with E-state index in [-0.39, 0.29) is 5.78 Å². The van der Waals surface area contributed by atoms with Crippen LogP contribution in [0.3, 0.4) is 0 Å². The van der Waals surface area contributed by atoms with E-state index in [0.29, 0.717) is 12.0 Å². The maximum atomic E-state index is 12.1. The molecule has 1 unspecified atom stereocenters. The van der Waals surface area contributed by atoms with Crippen molar-refractivity contribution in [2.24, 2.45) is 5.92 Å². The Bertz CT molecular complexity index is 461. The number of benzene rings is 1. The molecule has 1 aromatic carbocycles. The van der Waals surface area contributed by atoms with Crippen molar-refractivity contribution in [3.8, 4) is 6.07 Å². The molecule has 0 saturated heterocycles. The van der Waals surface area contributed by atoms with Crippen molar-refractivity contribution < 1.29 is 4.79 Å². The van der Waals surface area contributed by atoms with Crippen LogP contribution in [-0.2, 0) is 0 Å². The second-order valence-electron chi connectivity index (χ2n) is 4.40. The first-order chi connectivity index (χ1) is 8.06. The van der Waals surface area contributed by atoms with Gasteiger partial charge in [0.15, 0.2) is 5.78 Å². The van der Waals surface area contributed by atoms with Crippen LogP contribution < -0.4 is 0 Å². The molecule has 1 rings (SSSR count). The number of ketones is 1. The Hall–Kier alpha value is -1.88. The summed E-state index contributed by atoms with van der Waals surface area (Å²) >= 11 is 0. The summed E-state index contributed by atoms with van der Waals surface area (Å²) in [6.07, 6.45) is 0.520. The molecule has 0 amide bonds. The normalized spacial score (nSPS) is 11.4. The van der Waals surface area contributed by atoms with Crippen LogP contribution in [0.1, 0.15) is 37.6 Å². The maximum absolute atomic E-state index is 12.1. The Kier molecular flexibility index (Phi) is 4.66. The van der Waals surface area contributed by atoms with Gasteiger partial charge in [-0.05, 0) is 27.2 Å². The van der Waals surface area contributed by atoms with E-state index >= 15 is 0 Å². The molecule has 88 valence electrons. The van der Waals surface area contributed by atoms with E-state index < -0.39 is 5.92 Å². The van der Waals surface area contributed by atoms with Crippen LogP contribution in [0.4, 0.5) is 0 Å². The zero-order chi connectivity index (χ0) is 12.8. The van der Waals surface area contributed by atoms with Crippen molar-refractivity contribution in [3.05, 3.63) is 47.0 Å². The van der Waals surface area contributed by atoms with E-state index in [2.05, 4.69) is 6.07 Å². The third-order valence-corrected chi connectivity index (χ3v) is 2.89. The van der Waals surface area contributed by atoms with Crippen molar-refractivity contribution >= 4 is 5.78 Å². The zero-order valence-corrected chi connectivity index (χ0v) is 10.5. The highest BCUT2D eigenvalue weighted by atomic mass is 16.1. The molecule has 0 fully saturated rings. The Balaban J connectivity index is 2.87. The van der Waals surface area contributed by atoms with Crippen LogP contribution in [0.25, 0.3) is 0 Å². The lowest BCUT2D eigenvalue weighted by Crippen LogP contribution is -2.13. The average Bonchev–Trinajstić information content (AvgIpc) is 2.35. The van der Waals surface area contributed by atoms with E-state index in [1.54, 1.807) is 12.1 Å². The summed E-state index contributed by atoms with van der Waals surface area (Å²) in [6.45, 7) is 5.96. The van der Waals surface area contributed by atoms with Crippen molar-refractivity contribution in [1.82, 2.24) is 0 Å². The van der Waals surface area contributed by atoms with Crippen LogP contribution >= 0.6 is 0 Å². The highest BCUT2D eigenvalue weighted by Gasteiger charge is 2.19. The Morgan fingerprint density at radius 3 is 2.29 bits per heavy atom. The van der Waals surface area contributed by atoms with Gasteiger partial charge in [-0.1, -0.05) is 41.5 Å². The Morgan fingerprint density at radius 1 is 1.24 bits per heavy atom. The predicted octanol–water partition coefficient (Wildman–Crippen LogP) is 3.76. The van der Waals surface area contributed by atoms with Crippen LogP contribution in [0.5, 0.6) is 0 Å². The minimum Gasteiger partial charge on any atom is -0.293 e. The molecule has 17 heavy (non-hydrogen) atoms. The second-order valence-corrected chi connectivity index (χ2v) is 4.40. The van der Waals surface area contributed by atoms with Gasteiger partial charge >= 0.3 is 0 Å². The molecular formula is C15H17NO. The lowest BCUT2D eigenvalue weighted by molar-refractivity contribution is 0.0948. The monoisotopic (exact) mass is 227 g/mol. The number of nitriles is 1. The number of hydrogen-bond acceptors (Lipinski definition) is 2. The van der Waals surface area contributed by atoms with Crippen molar-refractivity contribution in [3.63, 3.8) is 0 Å². The number of rotatable bonds is 4. The maximum Gasteiger partial charge on any atom is 0.180 e. The molecule has 0 aliphatic rings. The summed E-state index contributed by atoms with van der Waals surface area (Å²) in [5.41, 5.74) is 2.90. The third-order valence-electron chi connectivity index (χ3n) is 2.89. The molecular weight excluding hydrogens is 210 g/mol. The van der Waals surface area contributed by atoms with E-state index in [4.69, 9.17) is 5.26 Å². The van der Waals surface area contributed by atoms with Gasteiger partial charge in [-0.25, -0.2) is 0 Å². The number of nitrogens with zero attached hydrogens (tertiary/aromatic N) is 1. The van der Waals surface area contributed by atoms with Gasteiger partial charge < -0.3 is 0 Å². The van der Waals surface area contributed by atoms with Crippen LogP contribution in [0, 0.1) is 17.2 Å². The first kappa shape index (κ1) is 13.2. The molecule has 0 bridgehead atoms. The summed E-state index contributed by atoms with van der Waals surface area (Å²) in [6, 6.07) is 11.1. The minimum atomic E-state index is -0.577. The van der Waals surface area contributed by atoms with Crippen molar-refractivity contribution in [1.29, 1.82) is 5.26 Å². The van der Waals surface area contributed by atoms with Crippen LogP contribution in [0.15, 0.2) is 41.5 Å². The fourth-order valence-corrected chi connectivity index (χ4v) is 1.51. The fourth-order valence-electron chi connectivity index (χ4n) is 1.51. The molecule has 0 heterocycles. The number of Topliss-reactive ketones (excluding diaryl/α,β-unsaturated/α-hetero) is 1. The molecule has 1 atom stereocenters. The van der Waals surface area contributed by atoms with Gasteiger partial charge in [-0.3, -0.25) is 4.79 Å². The second kappa shape index (κ2) is 6.00. The van der Waals surface area contributed by atoms with E-state index in [9.17, 15) is 4.79 Å². The third kappa shape index (κ3) is 3.57. The van der Waals surface area contributed by atoms with Crippen molar-refractivity contribution in [2.45, 2.75) is 27.2 Å². The Morgan fingerprint density at radius 2 is 1.82 bits per heavy atom. The lowest BCUT2D eigenvalue weighted by atomic mass is 9.91. The van der Waals surface area contributed by atoms with Gasteiger partial charge in [0.2, 0.25) is 0 Å². The minimum absolute atomic E-state index is 0.0892. The molecule has 0 aromatic heterocycles. The lowest BCUT2D eigenvalue weighted by Gasteiger charge is -2.09. The first-order valence-corrected chi connectivity index (χ1v) is 5.68. The van der Waals surface area contributed by atoms with E-state index in [1.807, 2.05) is 39.0 Å². The molecule has 2 nitrogen and oxygen atoms in total. The quantitative estimate of drug-likeness (QED) is 0.580. The van der Waals surface area contributed by atoms with Gasteiger partial charge in [0.1, 0.15) is 5.92 Å². The van der Waals surface area contributed by atoms with E-state index in [1.165, 1.54) is 5.57 Å². The van der Waals surface area contributed by atoms with Crippen molar-refractivity contribution in [2.75, 3.05) is 0 Å². The molecule has 1 aromatic rings. The molecule has 0 aliphatic carbocycles. The fraction of sp³-hybridized carbons (Fsp3) is 0.333. The molecule has 0 saturated carbocycles. The van der Waals surface area contributed by atoms with Crippen LogP contribution in [0.2, 0.25) is 0 Å². The highest BCUT2D eigenvalue weighted by molar-refractivity contribution is 5.99. The summed E-state index contributed by atoms with van der Waals surface area (Å²) in [4.78, 5) is 12.1. The standard InChI is InChI=1S/C15H17NO/c1-11(2)12(3)9-14(10-16)15(17)13-7-5-4-6-8-13/h4-8,14H,9H2,1-3H3. The number of carbonyl (C=O) groups is 1. The van der Waals surface area contributed by atoms with Gasteiger partial charge in [0.05, 0.1) is 6.07 Å². The highest BCUT2D eigenvalue weighted by Crippen LogP contribution is 2.18. The van der Waals surface area contributed by atoms with Gasteiger partial charge in [0.25, 0.3) is 0 Å². The smallest absolute Gasteiger partial charge is 0.180 e. The summed E-state index contributed by atoms with van der Waals surface area (Å²) in [5.74, 6) is -0.666. The summed E-state index contributed by atoms with van der Waals surface area (Å²) < 4.78 is 0. The summed E-state index contributed by atoms with van der Waals surface area (Å²) in [7, 11) is 0. The molecule has 0 spiro atoms. The molecule has 0 radical (unpaired) electrons. The summed E-state index contributed by atoms with van der Waals surface area (Å²) in [5, 5.41) is 9.10. The molecule has 0 aliphatic heterocycles. The predicted molar refractivity (Wildman–Crippen MR) is 68.5 cm³/mol.